The van der Waals surface area contributed by atoms with Crippen molar-refractivity contribution in [2.45, 2.75) is 32.1 Å². The Morgan fingerprint density at radius 1 is 0.692 bits per heavy atom. The van der Waals surface area contributed by atoms with Crippen molar-refractivity contribution in [3.8, 4) is 0 Å². The zero-order valence-corrected chi connectivity index (χ0v) is 8.08. The van der Waals surface area contributed by atoms with Crippen LogP contribution in [0.2, 0.25) is 0 Å². The molecular weight excluding hydrogens is 156 g/mol. The highest BCUT2D eigenvalue weighted by Crippen LogP contribution is 2.00. The molecule has 0 fully saturated rings. The van der Waals surface area contributed by atoms with Crippen LogP contribution in [0.15, 0.2) is 42.5 Å². The average molecular weight is 173 g/mol. The maximum atomic E-state index is 3.15. The van der Waals surface area contributed by atoms with E-state index in [4.69, 9.17) is 0 Å². The van der Waals surface area contributed by atoms with Gasteiger partial charge in [0.05, 0.1) is 0 Å². The summed E-state index contributed by atoms with van der Waals surface area (Å²) in [7, 11) is 0. The minimum absolute atomic E-state index is 1.03. The van der Waals surface area contributed by atoms with Crippen molar-refractivity contribution < 1.29 is 0 Å². The number of allylic oxidation sites excluding steroid dienone is 8. The van der Waals surface area contributed by atoms with Crippen molar-refractivity contribution in [3.63, 3.8) is 0 Å². The fourth-order valence-corrected chi connectivity index (χ4v) is 1.19. The molecule has 1 aliphatic rings. The Labute approximate surface area is 81.4 Å². The largest absolute Gasteiger partial charge is 0.0882 e. The second-order valence-corrected chi connectivity index (χ2v) is 3.11. The molecule has 0 amide bonds. The topological polar surface area (TPSA) is 0 Å². The molecule has 0 N–H and O–H groups in total. The molecule has 1 rings (SSSR count). The minimum atomic E-state index is 1.03. The Kier molecular flexibility index (Phi) is 5.87. The molecule has 0 atom stereocenters. The minimum Gasteiger partial charge on any atom is -0.0882 e. The predicted octanol–water partition coefficient (Wildman–Crippen LogP) is 3.98. The van der Waals surface area contributed by atoms with E-state index < -0.39 is 0 Å². The third-order valence-corrected chi connectivity index (χ3v) is 1.92. The number of hydrogen-bond donors (Lipinski definition) is 0. The highest BCUT2D eigenvalue weighted by atomic mass is 13.9. The van der Waals surface area contributed by atoms with Gasteiger partial charge in [0.1, 0.15) is 0 Å². The SMILES string of the molecule is [C]1=CCCC=CCCC=CCC=C1. The van der Waals surface area contributed by atoms with Crippen LogP contribution < -0.4 is 0 Å². The molecule has 0 nitrogen and oxygen atoms in total. The first-order valence-corrected chi connectivity index (χ1v) is 5.03. The van der Waals surface area contributed by atoms with Gasteiger partial charge in [0, 0.05) is 0 Å². The summed E-state index contributed by atoms with van der Waals surface area (Å²) in [5.74, 6) is 0. The molecule has 0 saturated carbocycles. The van der Waals surface area contributed by atoms with Gasteiger partial charge in [0.25, 0.3) is 0 Å². The molecule has 69 valence electrons. The smallest absolute Gasteiger partial charge is 0.0166 e. The first-order chi connectivity index (χ1) is 6.50. The van der Waals surface area contributed by atoms with Gasteiger partial charge in [-0.2, -0.15) is 0 Å². The molecule has 0 aromatic carbocycles. The third kappa shape index (κ3) is 6.15. The van der Waals surface area contributed by atoms with Gasteiger partial charge >= 0.3 is 0 Å². The van der Waals surface area contributed by atoms with Gasteiger partial charge in [-0.05, 0) is 38.2 Å². The van der Waals surface area contributed by atoms with Crippen LogP contribution in [0.25, 0.3) is 0 Å². The van der Waals surface area contributed by atoms with E-state index in [1.165, 1.54) is 12.8 Å². The summed E-state index contributed by atoms with van der Waals surface area (Å²) in [6.45, 7) is 0. The first-order valence-electron chi connectivity index (χ1n) is 5.03. The van der Waals surface area contributed by atoms with Crippen LogP contribution in [0.3, 0.4) is 0 Å². The summed E-state index contributed by atoms with van der Waals surface area (Å²) < 4.78 is 0. The molecule has 0 bridgehead atoms. The van der Waals surface area contributed by atoms with E-state index in [0.29, 0.717) is 0 Å². The zero-order chi connectivity index (χ0) is 9.19. The quantitative estimate of drug-likeness (QED) is 0.486. The van der Waals surface area contributed by atoms with Crippen LogP contribution >= 0.6 is 0 Å². The van der Waals surface area contributed by atoms with Crippen LogP contribution in [-0.2, 0) is 0 Å². The van der Waals surface area contributed by atoms with Gasteiger partial charge in [-0.1, -0.05) is 42.5 Å². The molecule has 0 unspecified atom stereocenters. The second-order valence-electron chi connectivity index (χ2n) is 3.11. The van der Waals surface area contributed by atoms with E-state index in [1.54, 1.807) is 0 Å². The van der Waals surface area contributed by atoms with Crippen LogP contribution in [0.1, 0.15) is 32.1 Å². The monoisotopic (exact) mass is 173 g/mol. The summed E-state index contributed by atoms with van der Waals surface area (Å²) in [6, 6.07) is 0. The lowest BCUT2D eigenvalue weighted by Gasteiger charge is -1.87. The second kappa shape index (κ2) is 7.60. The van der Waals surface area contributed by atoms with Gasteiger partial charge in [-0.3, -0.25) is 0 Å². The zero-order valence-electron chi connectivity index (χ0n) is 8.08. The molecule has 0 heterocycles. The highest BCUT2D eigenvalue weighted by molar-refractivity contribution is 5.01. The maximum Gasteiger partial charge on any atom is -0.0166 e. The molecule has 0 heteroatoms. The van der Waals surface area contributed by atoms with Crippen LogP contribution in [-0.4, -0.2) is 0 Å². The lowest BCUT2D eigenvalue weighted by Crippen LogP contribution is -1.66. The summed E-state index contributed by atoms with van der Waals surface area (Å²) >= 11 is 0. The van der Waals surface area contributed by atoms with Crippen LogP contribution in [0.5, 0.6) is 0 Å². The van der Waals surface area contributed by atoms with Crippen molar-refractivity contribution in [3.05, 3.63) is 48.6 Å². The van der Waals surface area contributed by atoms with E-state index in [9.17, 15) is 0 Å². The molecule has 0 spiro atoms. The maximum absolute atomic E-state index is 3.15. The normalized spacial score (nSPS) is 19.1. The van der Waals surface area contributed by atoms with Gasteiger partial charge in [-0.15, -0.1) is 0 Å². The van der Waals surface area contributed by atoms with Crippen molar-refractivity contribution in [2.75, 3.05) is 0 Å². The number of rotatable bonds is 0. The molecular formula is C13H17. The lowest BCUT2D eigenvalue weighted by atomic mass is 10.2. The summed E-state index contributed by atoms with van der Waals surface area (Å²) in [5, 5.41) is 0. The predicted molar refractivity (Wildman–Crippen MR) is 58.3 cm³/mol. The summed E-state index contributed by atoms with van der Waals surface area (Å²) in [5.41, 5.74) is 0. The lowest BCUT2D eigenvalue weighted by molar-refractivity contribution is 1.00. The Bertz CT molecular complexity index is 216. The van der Waals surface area contributed by atoms with Crippen LogP contribution in [0.4, 0.5) is 0 Å². The van der Waals surface area contributed by atoms with Gasteiger partial charge in [-0.25, -0.2) is 0 Å². The molecule has 0 aromatic heterocycles. The fourth-order valence-electron chi connectivity index (χ4n) is 1.19. The van der Waals surface area contributed by atoms with E-state index >= 15 is 0 Å². The Morgan fingerprint density at radius 3 is 2.23 bits per heavy atom. The molecule has 0 aliphatic heterocycles. The van der Waals surface area contributed by atoms with E-state index in [-0.39, 0.29) is 0 Å². The fraction of sp³-hybridized carbons (Fsp3) is 0.385. The molecule has 0 aromatic rings. The van der Waals surface area contributed by atoms with Crippen molar-refractivity contribution >= 4 is 0 Å². The Morgan fingerprint density at radius 2 is 1.38 bits per heavy atom. The third-order valence-electron chi connectivity index (χ3n) is 1.92. The van der Waals surface area contributed by atoms with Crippen LogP contribution in [0, 0.1) is 6.08 Å². The molecule has 1 radical (unpaired) electrons. The van der Waals surface area contributed by atoms with Crippen molar-refractivity contribution in [1.29, 1.82) is 0 Å². The Hall–Kier alpha value is -1.04. The molecule has 1 aliphatic carbocycles. The highest BCUT2D eigenvalue weighted by Gasteiger charge is 1.80. The molecule has 13 heavy (non-hydrogen) atoms. The standard InChI is InChI=1S/C13H17/c1-2-4-6-8-10-12-13-11-9-7-5-3-1/h1-2,5,7-8,10-11H,3-4,6,12-13H2. The number of hydrogen-bond acceptors (Lipinski definition) is 0. The summed E-state index contributed by atoms with van der Waals surface area (Å²) in [6.07, 6.45) is 24.0. The average Bonchev–Trinajstić information content (AvgIpc) is 2.18. The van der Waals surface area contributed by atoms with Gasteiger partial charge < -0.3 is 0 Å². The van der Waals surface area contributed by atoms with E-state index in [1.807, 2.05) is 6.08 Å². The summed E-state index contributed by atoms with van der Waals surface area (Å²) in [4.78, 5) is 0. The van der Waals surface area contributed by atoms with E-state index in [0.717, 1.165) is 19.3 Å². The van der Waals surface area contributed by atoms with Crippen molar-refractivity contribution in [2.24, 2.45) is 0 Å². The first kappa shape index (κ1) is 10.0. The Balaban J connectivity index is 2.38. The molecule has 0 saturated heterocycles. The van der Waals surface area contributed by atoms with E-state index in [2.05, 4.69) is 42.5 Å². The van der Waals surface area contributed by atoms with Crippen molar-refractivity contribution in [1.82, 2.24) is 0 Å². The van der Waals surface area contributed by atoms with Gasteiger partial charge in [0.2, 0.25) is 0 Å². The van der Waals surface area contributed by atoms with Gasteiger partial charge in [0.15, 0.2) is 0 Å².